The van der Waals surface area contributed by atoms with Gasteiger partial charge < -0.3 is 5.32 Å². The lowest BCUT2D eigenvalue weighted by Gasteiger charge is -2.24. The van der Waals surface area contributed by atoms with Crippen LogP contribution in [-0.2, 0) is 40.8 Å². The van der Waals surface area contributed by atoms with Crippen LogP contribution in [-0.4, -0.2) is 49.7 Å². The number of para-hydroxylation sites is 1. The maximum atomic E-state index is 15.4. The normalized spacial score (nSPS) is 17.7. The summed E-state index contributed by atoms with van der Waals surface area (Å²) in [5.41, 5.74) is -3.56. The number of rotatable bonds is 10. The minimum absolute atomic E-state index is 0.0122. The van der Waals surface area contributed by atoms with Gasteiger partial charge in [0.05, 0.1) is 39.3 Å². The molecule has 0 aliphatic heterocycles. The summed E-state index contributed by atoms with van der Waals surface area (Å²) < 4.78 is 132. The van der Waals surface area contributed by atoms with E-state index in [4.69, 9.17) is 11.6 Å². The Kier molecular flexibility index (Phi) is 8.71. The topological polar surface area (TPSA) is 146 Å². The third-order valence-electron chi connectivity index (χ3n) is 9.78. The van der Waals surface area contributed by atoms with Crippen LogP contribution in [0, 0.1) is 23.4 Å². The van der Waals surface area contributed by atoms with Crippen molar-refractivity contribution >= 4 is 55.2 Å². The zero-order chi connectivity index (χ0) is 40.2. The van der Waals surface area contributed by atoms with E-state index >= 15 is 13.2 Å². The summed E-state index contributed by atoms with van der Waals surface area (Å²) in [6.07, 6.45) is -2.92. The number of hydrogen-bond donors (Lipinski definition) is 2. The van der Waals surface area contributed by atoms with Gasteiger partial charge in [-0.15, -0.1) is 0 Å². The molecule has 1 fully saturated rings. The van der Waals surface area contributed by atoms with Crippen molar-refractivity contribution in [2.45, 2.75) is 43.7 Å². The van der Waals surface area contributed by atoms with E-state index in [1.807, 2.05) is 0 Å². The zero-order valence-electron chi connectivity index (χ0n) is 28.8. The van der Waals surface area contributed by atoms with E-state index < -0.39 is 105 Å². The molecule has 56 heavy (non-hydrogen) atoms. The SMILES string of the molecule is Cn1nc(NS(C)(=O)=O)c2c(Cl)ccc(-n3c(C(Cc4cc(F)cc(F)c4)NC(=O)Cn4nc(C(F)F)c5c4C(F)(F)[C@@H]4CC54)nc4c(F)cccc4c3=O)c21. The Morgan fingerprint density at radius 1 is 1.07 bits per heavy atom. The van der Waals surface area contributed by atoms with Gasteiger partial charge in [0.25, 0.3) is 17.9 Å². The highest BCUT2D eigenvalue weighted by atomic mass is 35.5. The van der Waals surface area contributed by atoms with Crippen LogP contribution in [0.25, 0.3) is 27.5 Å². The number of nitrogens with one attached hydrogen (secondary N) is 2. The molecule has 1 saturated carbocycles. The molecular weight excluding hydrogens is 797 g/mol. The first-order valence-corrected chi connectivity index (χ1v) is 19.0. The third-order valence-corrected chi connectivity index (χ3v) is 10.7. The molecule has 21 heteroatoms. The molecule has 6 aromatic rings. The van der Waals surface area contributed by atoms with E-state index in [1.165, 1.54) is 36.0 Å². The van der Waals surface area contributed by atoms with Gasteiger partial charge >= 0.3 is 0 Å². The second-order valence-corrected chi connectivity index (χ2v) is 15.8. The lowest BCUT2D eigenvalue weighted by atomic mass is 10.0. The van der Waals surface area contributed by atoms with Gasteiger partial charge in [-0.05, 0) is 54.3 Å². The van der Waals surface area contributed by atoms with Gasteiger partial charge in [-0.3, -0.25) is 28.2 Å². The maximum Gasteiger partial charge on any atom is 0.293 e. The fraction of sp³-hybridized carbons (Fsp3) is 0.286. The molecule has 3 heterocycles. The Morgan fingerprint density at radius 3 is 2.46 bits per heavy atom. The number of carbonyl (C=O) groups excluding carboxylic acids is 1. The number of fused-ring (bicyclic) bond motifs is 5. The first kappa shape index (κ1) is 37.4. The van der Waals surface area contributed by atoms with Gasteiger partial charge in [0.1, 0.15) is 46.7 Å². The van der Waals surface area contributed by atoms with Gasteiger partial charge in [0.2, 0.25) is 15.9 Å². The van der Waals surface area contributed by atoms with Crippen molar-refractivity contribution < 1.29 is 43.9 Å². The van der Waals surface area contributed by atoms with Crippen molar-refractivity contribution in [2.24, 2.45) is 13.0 Å². The molecule has 0 saturated heterocycles. The number of nitrogens with zero attached hydrogens (tertiary/aromatic N) is 6. The van der Waals surface area contributed by atoms with Crippen LogP contribution in [0.15, 0.2) is 53.3 Å². The molecule has 3 aromatic carbocycles. The van der Waals surface area contributed by atoms with Gasteiger partial charge in [0, 0.05) is 31.0 Å². The fourth-order valence-electron chi connectivity index (χ4n) is 7.57. The molecule has 0 spiro atoms. The first-order chi connectivity index (χ1) is 26.3. The Morgan fingerprint density at radius 2 is 1.79 bits per heavy atom. The molecule has 0 radical (unpaired) electrons. The highest BCUT2D eigenvalue weighted by Gasteiger charge is 2.67. The second kappa shape index (κ2) is 13.0. The standard InChI is InChI=1S/C35H26ClF7N8O4S/c1-49-29-23(7-6-20(36)26(29)32(47-49)48-56(2,54)55)51-33(45-27-17(34(51)53)4-3-5-21(27)39)22(10-14-8-15(37)11-16(38)9-14)44-24(52)13-50-30-25(28(46-50)31(40)41)18-12-19(18)35(30,42)43/h3-9,11,18-19,22,31H,10,12-13H2,1-2H3,(H,44,52)(H,47,48)/t18?,19-,22?/m1/s1. The molecule has 3 atom stereocenters. The van der Waals surface area contributed by atoms with E-state index in [-0.39, 0.29) is 50.4 Å². The smallest absolute Gasteiger partial charge is 0.293 e. The lowest BCUT2D eigenvalue weighted by Crippen LogP contribution is -2.38. The Balaban J connectivity index is 1.32. The van der Waals surface area contributed by atoms with Crippen LogP contribution >= 0.6 is 11.6 Å². The Hall–Kier alpha value is -5.50. The summed E-state index contributed by atoms with van der Waals surface area (Å²) in [4.78, 5) is 32.8. The predicted octanol–water partition coefficient (Wildman–Crippen LogP) is 6.16. The van der Waals surface area contributed by atoms with Gasteiger partial charge in [-0.2, -0.15) is 19.0 Å². The zero-order valence-corrected chi connectivity index (χ0v) is 30.4. The van der Waals surface area contributed by atoms with Gasteiger partial charge in [-0.25, -0.2) is 35.4 Å². The summed E-state index contributed by atoms with van der Waals surface area (Å²) >= 11 is 6.52. The minimum Gasteiger partial charge on any atom is -0.344 e. The molecule has 2 aliphatic carbocycles. The molecule has 1 amide bonds. The van der Waals surface area contributed by atoms with E-state index in [2.05, 4.69) is 25.2 Å². The first-order valence-electron chi connectivity index (χ1n) is 16.7. The van der Waals surface area contributed by atoms with Crippen LogP contribution < -0.4 is 15.6 Å². The van der Waals surface area contributed by atoms with Crippen LogP contribution in [0.3, 0.4) is 0 Å². The van der Waals surface area contributed by atoms with E-state index in [0.717, 1.165) is 29.0 Å². The van der Waals surface area contributed by atoms with Crippen molar-refractivity contribution in [2.75, 3.05) is 11.0 Å². The Labute approximate surface area is 315 Å². The number of alkyl halides is 4. The summed E-state index contributed by atoms with van der Waals surface area (Å²) in [6.45, 7) is -1.03. The molecule has 3 aromatic heterocycles. The van der Waals surface area contributed by atoms with Crippen molar-refractivity contribution in [3.63, 3.8) is 0 Å². The highest BCUT2D eigenvalue weighted by Crippen LogP contribution is 2.68. The van der Waals surface area contributed by atoms with Crippen molar-refractivity contribution in [3.05, 3.63) is 110 Å². The van der Waals surface area contributed by atoms with Crippen LogP contribution in [0.1, 0.15) is 53.1 Å². The highest BCUT2D eigenvalue weighted by molar-refractivity contribution is 7.92. The van der Waals surface area contributed by atoms with Gasteiger partial charge in [-0.1, -0.05) is 17.7 Å². The maximum absolute atomic E-state index is 15.4. The number of amides is 1. The van der Waals surface area contributed by atoms with Crippen LogP contribution in [0.2, 0.25) is 5.02 Å². The van der Waals surface area contributed by atoms with E-state index in [0.29, 0.717) is 10.7 Å². The summed E-state index contributed by atoms with van der Waals surface area (Å²) in [6, 6.07) is 6.94. The summed E-state index contributed by atoms with van der Waals surface area (Å²) in [5.74, 6) is -10.4. The molecule has 2 aliphatic rings. The number of aromatic nitrogens is 6. The molecule has 2 N–H and O–H groups in total. The second-order valence-electron chi connectivity index (χ2n) is 13.7. The number of benzene rings is 3. The number of hydrogen-bond acceptors (Lipinski definition) is 7. The van der Waals surface area contributed by atoms with Crippen molar-refractivity contribution in [1.82, 2.24) is 34.4 Å². The minimum atomic E-state index is -3.92. The predicted molar refractivity (Wildman–Crippen MR) is 188 cm³/mol. The average molecular weight is 823 g/mol. The Bertz CT molecular complexity index is 2810. The third kappa shape index (κ3) is 6.23. The number of halogens is 8. The molecule has 12 nitrogen and oxygen atoms in total. The molecule has 0 bridgehead atoms. The fourth-order valence-corrected chi connectivity index (χ4v) is 8.30. The number of aryl methyl sites for hydroxylation is 1. The van der Waals surface area contributed by atoms with Crippen molar-refractivity contribution in [1.29, 1.82) is 0 Å². The molecule has 292 valence electrons. The number of anilines is 1. The van der Waals surface area contributed by atoms with E-state index in [9.17, 15) is 35.6 Å². The summed E-state index contributed by atoms with van der Waals surface area (Å²) in [7, 11) is -2.52. The number of sulfonamides is 1. The summed E-state index contributed by atoms with van der Waals surface area (Å²) in [5, 5.41) is 10.2. The average Bonchev–Trinajstić information content (AvgIpc) is 3.63. The molecule has 2 unspecified atom stereocenters. The van der Waals surface area contributed by atoms with Gasteiger partial charge in [0.15, 0.2) is 5.82 Å². The molecule has 8 rings (SSSR count). The quantitative estimate of drug-likeness (QED) is 0.158. The largest absolute Gasteiger partial charge is 0.344 e. The van der Waals surface area contributed by atoms with Crippen LogP contribution in [0.5, 0.6) is 0 Å². The van der Waals surface area contributed by atoms with Crippen molar-refractivity contribution in [3.8, 4) is 5.69 Å². The van der Waals surface area contributed by atoms with E-state index in [1.54, 1.807) is 0 Å². The number of carbonyl (C=O) groups is 1. The van der Waals surface area contributed by atoms with Crippen LogP contribution in [0.4, 0.5) is 36.6 Å². The lowest BCUT2D eigenvalue weighted by molar-refractivity contribution is -0.123. The molecular formula is C35H26ClF7N8O4S. The monoisotopic (exact) mass is 822 g/mol.